The van der Waals surface area contributed by atoms with Crippen LogP contribution in [0.4, 0.5) is 0 Å². The largest absolute Gasteiger partial charge is 0.390 e. The molecule has 1 fully saturated rings. The number of aliphatic hydroxyl groups excluding tert-OH is 1. The molecule has 1 unspecified atom stereocenters. The van der Waals surface area contributed by atoms with Crippen LogP contribution < -0.4 is 16.6 Å². The Hall–Kier alpha value is -2.71. The van der Waals surface area contributed by atoms with E-state index in [2.05, 4.69) is 10.3 Å². The molecule has 2 aromatic rings. The monoisotopic (exact) mass is 345 g/mol. The van der Waals surface area contributed by atoms with Gasteiger partial charge in [-0.2, -0.15) is 0 Å². The van der Waals surface area contributed by atoms with E-state index in [0.29, 0.717) is 11.1 Å². The summed E-state index contributed by atoms with van der Waals surface area (Å²) < 4.78 is 6.95. The number of ether oxygens (including phenoxy) is 1. The van der Waals surface area contributed by atoms with E-state index in [9.17, 15) is 19.5 Å². The number of aliphatic hydroxyl groups is 1. The fraction of sp³-hybridized carbons (Fsp3) is 0.353. The van der Waals surface area contributed by atoms with Crippen molar-refractivity contribution in [2.24, 2.45) is 0 Å². The van der Waals surface area contributed by atoms with E-state index in [1.54, 1.807) is 31.2 Å². The molecule has 1 aromatic heterocycles. The van der Waals surface area contributed by atoms with Crippen molar-refractivity contribution in [1.29, 1.82) is 0 Å². The maximum absolute atomic E-state index is 12.1. The molecule has 25 heavy (non-hydrogen) atoms. The van der Waals surface area contributed by atoms with Crippen LogP contribution >= 0.6 is 0 Å². The molecule has 2 heterocycles. The maximum Gasteiger partial charge on any atom is 0.330 e. The minimum absolute atomic E-state index is 0.114. The number of amides is 1. The first-order valence-corrected chi connectivity index (χ1v) is 7.94. The van der Waals surface area contributed by atoms with E-state index >= 15 is 0 Å². The van der Waals surface area contributed by atoms with E-state index in [1.807, 2.05) is 6.07 Å². The molecule has 3 N–H and O–H groups in total. The number of benzene rings is 1. The summed E-state index contributed by atoms with van der Waals surface area (Å²) >= 11 is 0. The molecule has 8 nitrogen and oxygen atoms in total. The highest BCUT2D eigenvalue weighted by Gasteiger charge is 2.35. The average Bonchev–Trinajstić information content (AvgIpc) is 2.97. The Morgan fingerprint density at radius 3 is 2.80 bits per heavy atom. The number of aromatic nitrogens is 2. The highest BCUT2D eigenvalue weighted by molar-refractivity contribution is 5.94. The van der Waals surface area contributed by atoms with Crippen molar-refractivity contribution in [3.8, 4) is 0 Å². The number of rotatable bonds is 4. The minimum atomic E-state index is -0.833. The molecule has 0 spiro atoms. The van der Waals surface area contributed by atoms with Crippen LogP contribution in [0.1, 0.15) is 28.6 Å². The summed E-state index contributed by atoms with van der Waals surface area (Å²) in [5, 5.41) is 12.9. The number of hydrogen-bond acceptors (Lipinski definition) is 5. The van der Waals surface area contributed by atoms with Crippen molar-refractivity contribution in [2.45, 2.75) is 31.8 Å². The SMILES string of the molecule is Cc1cn([C@H]2CC(O)[C@@H](CNC(=O)c3ccccc3)O2)c(=O)[nH]c1=O. The zero-order chi connectivity index (χ0) is 18.0. The zero-order valence-corrected chi connectivity index (χ0v) is 13.6. The Morgan fingerprint density at radius 2 is 2.08 bits per heavy atom. The first-order chi connectivity index (χ1) is 12.0. The van der Waals surface area contributed by atoms with E-state index in [-0.39, 0.29) is 18.9 Å². The predicted octanol–water partition coefficient (Wildman–Crippen LogP) is -0.0766. The summed E-state index contributed by atoms with van der Waals surface area (Å²) in [6.07, 6.45) is -0.575. The molecule has 0 aliphatic carbocycles. The van der Waals surface area contributed by atoms with Gasteiger partial charge < -0.3 is 15.2 Å². The molecule has 3 rings (SSSR count). The standard InChI is InChI=1S/C17H19N3O5/c1-10-9-20(17(24)19-15(10)22)14-7-12(21)13(25-14)8-18-16(23)11-5-3-2-4-6-11/h2-6,9,12-14,21H,7-8H2,1H3,(H,18,23)(H,19,22,24)/t12?,13-,14-/m1/s1. The Kier molecular flexibility index (Phi) is 4.82. The molecular formula is C17H19N3O5. The van der Waals surface area contributed by atoms with Gasteiger partial charge in [0.1, 0.15) is 12.3 Å². The Morgan fingerprint density at radius 1 is 1.36 bits per heavy atom. The van der Waals surface area contributed by atoms with E-state index < -0.39 is 29.7 Å². The topological polar surface area (TPSA) is 113 Å². The van der Waals surface area contributed by atoms with Crippen LogP contribution in [0.15, 0.2) is 46.1 Å². The predicted molar refractivity (Wildman–Crippen MR) is 89.4 cm³/mol. The first-order valence-electron chi connectivity index (χ1n) is 7.94. The number of carbonyl (C=O) groups is 1. The molecule has 1 aliphatic heterocycles. The molecule has 1 aliphatic rings. The van der Waals surface area contributed by atoms with Crippen LogP contribution in [0.25, 0.3) is 0 Å². The van der Waals surface area contributed by atoms with Crippen molar-refractivity contribution in [1.82, 2.24) is 14.9 Å². The van der Waals surface area contributed by atoms with Crippen molar-refractivity contribution in [2.75, 3.05) is 6.54 Å². The number of aromatic amines is 1. The second kappa shape index (κ2) is 7.04. The van der Waals surface area contributed by atoms with Gasteiger partial charge in [0, 0.05) is 30.3 Å². The van der Waals surface area contributed by atoms with Gasteiger partial charge in [-0.1, -0.05) is 18.2 Å². The lowest BCUT2D eigenvalue weighted by atomic mass is 10.1. The smallest absolute Gasteiger partial charge is 0.330 e. The average molecular weight is 345 g/mol. The van der Waals surface area contributed by atoms with Crippen molar-refractivity contribution in [3.05, 3.63) is 68.5 Å². The number of carbonyl (C=O) groups excluding carboxylic acids is 1. The van der Waals surface area contributed by atoms with Crippen LogP contribution in [-0.2, 0) is 4.74 Å². The highest BCUT2D eigenvalue weighted by Crippen LogP contribution is 2.27. The molecule has 0 radical (unpaired) electrons. The summed E-state index contributed by atoms with van der Waals surface area (Å²) in [7, 11) is 0. The van der Waals surface area contributed by atoms with Crippen LogP contribution in [0.3, 0.4) is 0 Å². The van der Waals surface area contributed by atoms with Gasteiger partial charge in [-0.25, -0.2) is 4.79 Å². The van der Waals surface area contributed by atoms with Gasteiger partial charge in [0.15, 0.2) is 0 Å². The molecule has 1 amide bonds. The van der Waals surface area contributed by atoms with Gasteiger partial charge in [-0.3, -0.25) is 19.1 Å². The lowest BCUT2D eigenvalue weighted by molar-refractivity contribution is -0.0187. The minimum Gasteiger partial charge on any atom is -0.390 e. The fourth-order valence-electron chi connectivity index (χ4n) is 2.75. The first kappa shape index (κ1) is 17.1. The summed E-state index contributed by atoms with van der Waals surface area (Å²) in [5.74, 6) is -0.267. The van der Waals surface area contributed by atoms with Gasteiger partial charge in [0.25, 0.3) is 11.5 Å². The second-order valence-electron chi connectivity index (χ2n) is 5.99. The normalized spacial score (nSPS) is 22.7. The van der Waals surface area contributed by atoms with E-state index in [1.165, 1.54) is 10.8 Å². The highest BCUT2D eigenvalue weighted by atomic mass is 16.5. The molecule has 1 saturated heterocycles. The van der Waals surface area contributed by atoms with Gasteiger partial charge in [-0.05, 0) is 19.1 Å². The number of hydrogen-bond donors (Lipinski definition) is 3. The molecule has 3 atom stereocenters. The summed E-state index contributed by atoms with van der Waals surface area (Å²) in [6, 6.07) is 8.71. The zero-order valence-electron chi connectivity index (χ0n) is 13.6. The summed E-state index contributed by atoms with van der Waals surface area (Å²) in [6.45, 7) is 1.69. The number of nitrogens with one attached hydrogen (secondary N) is 2. The van der Waals surface area contributed by atoms with E-state index in [0.717, 1.165) is 0 Å². The van der Waals surface area contributed by atoms with Gasteiger partial charge in [-0.15, -0.1) is 0 Å². The van der Waals surface area contributed by atoms with Crippen LogP contribution in [0, 0.1) is 6.92 Å². The Labute approximate surface area is 143 Å². The number of nitrogens with zero attached hydrogens (tertiary/aromatic N) is 1. The number of aryl methyl sites for hydroxylation is 1. The molecule has 0 bridgehead atoms. The Balaban J connectivity index is 1.66. The molecule has 0 saturated carbocycles. The molecular weight excluding hydrogens is 326 g/mol. The third-order valence-electron chi connectivity index (χ3n) is 4.16. The third kappa shape index (κ3) is 3.70. The summed E-state index contributed by atoms with van der Waals surface area (Å²) in [4.78, 5) is 37.6. The Bertz CT molecular complexity index is 874. The van der Waals surface area contributed by atoms with Gasteiger partial charge >= 0.3 is 5.69 Å². The molecule has 1 aromatic carbocycles. The van der Waals surface area contributed by atoms with Crippen molar-refractivity contribution < 1.29 is 14.6 Å². The maximum atomic E-state index is 12.1. The van der Waals surface area contributed by atoms with Crippen LogP contribution in [0.2, 0.25) is 0 Å². The quantitative estimate of drug-likeness (QED) is 0.717. The van der Waals surface area contributed by atoms with Crippen molar-refractivity contribution >= 4 is 5.91 Å². The van der Waals surface area contributed by atoms with Gasteiger partial charge in [0.2, 0.25) is 0 Å². The third-order valence-corrected chi connectivity index (χ3v) is 4.16. The fourth-order valence-corrected chi connectivity index (χ4v) is 2.75. The molecule has 132 valence electrons. The number of H-pyrrole nitrogens is 1. The van der Waals surface area contributed by atoms with E-state index in [4.69, 9.17) is 4.74 Å². The molecule has 8 heteroatoms. The van der Waals surface area contributed by atoms with Crippen molar-refractivity contribution in [3.63, 3.8) is 0 Å². The van der Waals surface area contributed by atoms with Crippen LogP contribution in [0.5, 0.6) is 0 Å². The van der Waals surface area contributed by atoms with Crippen LogP contribution in [-0.4, -0.2) is 39.3 Å². The summed E-state index contributed by atoms with van der Waals surface area (Å²) in [5.41, 5.74) is -0.161. The second-order valence-corrected chi connectivity index (χ2v) is 5.99. The van der Waals surface area contributed by atoms with Gasteiger partial charge in [0.05, 0.1) is 6.10 Å². The lowest BCUT2D eigenvalue weighted by Crippen LogP contribution is -2.37. The lowest BCUT2D eigenvalue weighted by Gasteiger charge is -2.17.